The molecule has 2 aliphatic rings. The van der Waals surface area contributed by atoms with Crippen molar-refractivity contribution in [1.29, 1.82) is 5.26 Å². The minimum atomic E-state index is -0.152. The van der Waals surface area contributed by atoms with Crippen molar-refractivity contribution in [3.63, 3.8) is 0 Å². The summed E-state index contributed by atoms with van der Waals surface area (Å²) in [6, 6.07) is 11.5. The maximum Gasteiger partial charge on any atom is 0.229 e. The van der Waals surface area contributed by atoms with Crippen molar-refractivity contribution in [2.45, 2.75) is 6.42 Å². The van der Waals surface area contributed by atoms with Crippen molar-refractivity contribution in [2.75, 3.05) is 44.8 Å². The molecule has 1 aromatic carbocycles. The molecule has 0 radical (unpaired) electrons. The van der Waals surface area contributed by atoms with Gasteiger partial charge in [-0.05, 0) is 30.2 Å². The molecule has 144 valence electrons. The molecular formula is C21H22N4O3. The second kappa shape index (κ2) is 7.77. The number of nitriles is 1. The second-order valence-electron chi connectivity index (χ2n) is 7.01. The first-order chi connectivity index (χ1) is 13.7. The van der Waals surface area contributed by atoms with Gasteiger partial charge < -0.3 is 19.3 Å². The third kappa shape index (κ3) is 3.58. The number of carbonyl (C=O) groups excluding carboxylic acids is 1. The summed E-state index contributed by atoms with van der Waals surface area (Å²) in [7, 11) is 1.63. The first-order valence-electron chi connectivity index (χ1n) is 9.37. The van der Waals surface area contributed by atoms with Crippen LogP contribution in [0.15, 0.2) is 36.5 Å². The number of aromatic nitrogens is 1. The van der Waals surface area contributed by atoms with Crippen molar-refractivity contribution >= 4 is 11.7 Å². The molecule has 0 unspecified atom stereocenters. The number of piperazine rings is 1. The van der Waals surface area contributed by atoms with Gasteiger partial charge in [0.15, 0.2) is 0 Å². The van der Waals surface area contributed by atoms with Crippen LogP contribution in [0.2, 0.25) is 0 Å². The smallest absolute Gasteiger partial charge is 0.229 e. The van der Waals surface area contributed by atoms with Crippen LogP contribution in [-0.2, 0) is 11.2 Å². The average Bonchev–Trinajstić information content (AvgIpc) is 2.78. The van der Waals surface area contributed by atoms with Gasteiger partial charge in [-0.2, -0.15) is 5.26 Å². The van der Waals surface area contributed by atoms with E-state index in [4.69, 9.17) is 14.7 Å². The van der Waals surface area contributed by atoms with E-state index in [-0.39, 0.29) is 11.8 Å². The zero-order valence-corrected chi connectivity index (χ0v) is 15.8. The molecular weight excluding hydrogens is 356 g/mol. The van der Waals surface area contributed by atoms with Gasteiger partial charge in [-0.15, -0.1) is 0 Å². The Bertz CT molecular complexity index is 899. The highest BCUT2D eigenvalue weighted by atomic mass is 16.5. The minimum absolute atomic E-state index is 0.147. The number of fused-ring (bicyclic) bond motifs is 1. The number of amides is 1. The Balaban J connectivity index is 1.35. The number of methoxy groups -OCH3 is 1. The fraction of sp³-hybridized carbons (Fsp3) is 0.381. The molecule has 1 aromatic heterocycles. The highest BCUT2D eigenvalue weighted by molar-refractivity contribution is 5.80. The molecule has 0 spiro atoms. The van der Waals surface area contributed by atoms with Gasteiger partial charge in [0.25, 0.3) is 0 Å². The lowest BCUT2D eigenvalue weighted by atomic mass is 9.95. The van der Waals surface area contributed by atoms with Crippen LogP contribution in [0.5, 0.6) is 11.5 Å². The van der Waals surface area contributed by atoms with Crippen molar-refractivity contribution in [2.24, 2.45) is 5.92 Å². The summed E-state index contributed by atoms with van der Waals surface area (Å²) in [5, 5.41) is 8.88. The molecule has 1 amide bonds. The van der Waals surface area contributed by atoms with E-state index in [1.54, 1.807) is 19.4 Å². The molecule has 28 heavy (non-hydrogen) atoms. The SMILES string of the molecule is COc1ccc2c(c1)OC[C@H](C(=O)N1CCN(c3ccc(C#N)cn3)CC1)C2. The van der Waals surface area contributed by atoms with Gasteiger partial charge in [0.05, 0.1) is 18.6 Å². The Hall–Kier alpha value is -3.27. The lowest BCUT2D eigenvalue weighted by Gasteiger charge is -2.37. The molecule has 0 aliphatic carbocycles. The molecule has 2 aliphatic heterocycles. The molecule has 3 heterocycles. The average molecular weight is 378 g/mol. The van der Waals surface area contributed by atoms with Crippen LogP contribution in [0, 0.1) is 17.2 Å². The van der Waals surface area contributed by atoms with Gasteiger partial charge in [-0.3, -0.25) is 4.79 Å². The summed E-state index contributed by atoms with van der Waals surface area (Å²) in [6.07, 6.45) is 2.27. The summed E-state index contributed by atoms with van der Waals surface area (Å²) in [5.41, 5.74) is 1.60. The minimum Gasteiger partial charge on any atom is -0.497 e. The predicted octanol–water partition coefficient (Wildman–Crippen LogP) is 1.86. The van der Waals surface area contributed by atoms with Crippen LogP contribution in [0.3, 0.4) is 0 Å². The number of rotatable bonds is 3. The van der Waals surface area contributed by atoms with Gasteiger partial charge in [0, 0.05) is 38.4 Å². The molecule has 7 nitrogen and oxygen atoms in total. The quantitative estimate of drug-likeness (QED) is 0.811. The third-order valence-electron chi connectivity index (χ3n) is 5.32. The summed E-state index contributed by atoms with van der Waals surface area (Å²) >= 11 is 0. The highest BCUT2D eigenvalue weighted by Crippen LogP contribution is 2.31. The van der Waals surface area contributed by atoms with Gasteiger partial charge in [0.2, 0.25) is 5.91 Å². The molecule has 0 N–H and O–H groups in total. The fourth-order valence-electron chi connectivity index (χ4n) is 3.69. The van der Waals surface area contributed by atoms with E-state index in [2.05, 4.69) is 16.0 Å². The first kappa shape index (κ1) is 18.1. The summed E-state index contributed by atoms with van der Waals surface area (Å²) in [5.74, 6) is 2.40. The molecule has 7 heteroatoms. The predicted molar refractivity (Wildman–Crippen MR) is 103 cm³/mol. The molecule has 0 saturated carbocycles. The summed E-state index contributed by atoms with van der Waals surface area (Å²) in [6.45, 7) is 3.17. The van der Waals surface area contributed by atoms with E-state index in [0.717, 1.165) is 36.0 Å². The number of pyridine rings is 1. The number of hydrogen-bond acceptors (Lipinski definition) is 6. The highest BCUT2D eigenvalue weighted by Gasteiger charge is 2.31. The van der Waals surface area contributed by atoms with Gasteiger partial charge >= 0.3 is 0 Å². The van der Waals surface area contributed by atoms with Crippen molar-refractivity contribution < 1.29 is 14.3 Å². The van der Waals surface area contributed by atoms with Gasteiger partial charge in [0.1, 0.15) is 30.0 Å². The van der Waals surface area contributed by atoms with E-state index in [1.807, 2.05) is 29.2 Å². The number of anilines is 1. The van der Waals surface area contributed by atoms with Crippen molar-refractivity contribution in [3.05, 3.63) is 47.7 Å². The standard InChI is InChI=1S/C21H22N4O3/c1-27-18-4-3-16-10-17(14-28-19(16)11-18)21(26)25-8-6-24(7-9-25)20-5-2-15(12-22)13-23-20/h2-5,11,13,17H,6-10,14H2,1H3/t17-/m1/s1. The Morgan fingerprint density at radius 1 is 1.25 bits per heavy atom. The molecule has 0 bridgehead atoms. The van der Waals surface area contributed by atoms with Crippen LogP contribution >= 0.6 is 0 Å². The third-order valence-corrected chi connectivity index (χ3v) is 5.32. The number of hydrogen-bond donors (Lipinski definition) is 0. The number of ether oxygens (including phenoxy) is 2. The first-order valence-corrected chi connectivity index (χ1v) is 9.37. The fourth-order valence-corrected chi connectivity index (χ4v) is 3.69. The molecule has 4 rings (SSSR count). The van der Waals surface area contributed by atoms with Crippen LogP contribution in [0.1, 0.15) is 11.1 Å². The number of nitrogens with zero attached hydrogens (tertiary/aromatic N) is 4. The van der Waals surface area contributed by atoms with E-state index in [9.17, 15) is 4.79 Å². The summed E-state index contributed by atoms with van der Waals surface area (Å²) in [4.78, 5) is 21.4. The van der Waals surface area contributed by atoms with E-state index < -0.39 is 0 Å². The van der Waals surface area contributed by atoms with E-state index in [1.165, 1.54) is 0 Å². The Kier molecular flexibility index (Phi) is 5.02. The maximum absolute atomic E-state index is 13.0. The topological polar surface area (TPSA) is 78.7 Å². The van der Waals surface area contributed by atoms with Crippen LogP contribution < -0.4 is 14.4 Å². The Labute approximate surface area is 164 Å². The Morgan fingerprint density at radius 3 is 2.75 bits per heavy atom. The lowest BCUT2D eigenvalue weighted by molar-refractivity contribution is -0.137. The zero-order chi connectivity index (χ0) is 19.5. The van der Waals surface area contributed by atoms with Gasteiger partial charge in [-0.25, -0.2) is 4.98 Å². The zero-order valence-electron chi connectivity index (χ0n) is 15.8. The second-order valence-corrected chi connectivity index (χ2v) is 7.01. The van der Waals surface area contributed by atoms with E-state index >= 15 is 0 Å². The normalized spacial score (nSPS) is 18.6. The lowest BCUT2D eigenvalue weighted by Crippen LogP contribution is -2.51. The van der Waals surface area contributed by atoms with Gasteiger partial charge in [-0.1, -0.05) is 6.07 Å². The molecule has 1 fully saturated rings. The maximum atomic E-state index is 13.0. The largest absolute Gasteiger partial charge is 0.497 e. The molecule has 1 atom stereocenters. The van der Waals surface area contributed by atoms with Crippen molar-refractivity contribution in [3.8, 4) is 17.6 Å². The summed E-state index contributed by atoms with van der Waals surface area (Å²) < 4.78 is 11.1. The molecule has 1 saturated heterocycles. The monoisotopic (exact) mass is 378 g/mol. The van der Waals surface area contributed by atoms with E-state index in [0.29, 0.717) is 31.7 Å². The van der Waals surface area contributed by atoms with Crippen LogP contribution in [-0.4, -0.2) is 55.7 Å². The number of benzene rings is 1. The molecule has 2 aromatic rings. The van der Waals surface area contributed by atoms with Crippen molar-refractivity contribution in [1.82, 2.24) is 9.88 Å². The van der Waals surface area contributed by atoms with Crippen LogP contribution in [0.4, 0.5) is 5.82 Å². The van der Waals surface area contributed by atoms with Crippen LogP contribution in [0.25, 0.3) is 0 Å². The Morgan fingerprint density at radius 2 is 2.07 bits per heavy atom. The number of carbonyl (C=O) groups is 1.